The Bertz CT molecular complexity index is 564. The van der Waals surface area contributed by atoms with Gasteiger partial charge in [-0.3, -0.25) is 10.00 Å². The fourth-order valence-corrected chi connectivity index (χ4v) is 4.66. The topological polar surface area (TPSA) is 50.4 Å². The summed E-state index contributed by atoms with van der Waals surface area (Å²) >= 11 is 0. The molecule has 2 aliphatic carbocycles. The highest BCUT2D eigenvalue weighted by Gasteiger charge is 2.51. The van der Waals surface area contributed by atoms with Crippen LogP contribution >= 0.6 is 0 Å². The van der Waals surface area contributed by atoms with Crippen molar-refractivity contribution < 1.29 is 9.47 Å². The van der Waals surface area contributed by atoms with E-state index in [0.29, 0.717) is 12.1 Å². The largest absolute Gasteiger partial charge is 0.378 e. The molecule has 0 spiro atoms. The summed E-state index contributed by atoms with van der Waals surface area (Å²) in [6.45, 7) is 7.27. The molecule has 4 rings (SSSR count). The molecule has 2 heterocycles. The van der Waals surface area contributed by atoms with Gasteiger partial charge in [-0.1, -0.05) is 0 Å². The highest BCUT2D eigenvalue weighted by molar-refractivity contribution is 5.24. The van der Waals surface area contributed by atoms with Crippen LogP contribution in [0.5, 0.6) is 0 Å². The standard InChI is InChI=1S/C19H31N3O2/c1-13-17(14(2)21-20-13)11-22-9-8-19(23-3)7-6-16(10-18(19)22)24-12-15-4-5-15/h15-16,18H,4-12H2,1-3H3,(H,20,21)/t16-,18-,19+/m0/s1. The summed E-state index contributed by atoms with van der Waals surface area (Å²) in [5, 5.41) is 7.49. The first-order chi connectivity index (χ1) is 11.6. The monoisotopic (exact) mass is 333 g/mol. The van der Waals surface area contributed by atoms with E-state index in [-0.39, 0.29) is 5.60 Å². The molecule has 0 amide bonds. The van der Waals surface area contributed by atoms with Gasteiger partial charge < -0.3 is 9.47 Å². The van der Waals surface area contributed by atoms with Crippen molar-refractivity contribution in [3.05, 3.63) is 17.0 Å². The van der Waals surface area contributed by atoms with Gasteiger partial charge in [0, 0.05) is 44.1 Å². The van der Waals surface area contributed by atoms with Gasteiger partial charge in [0.1, 0.15) is 0 Å². The molecule has 0 aromatic carbocycles. The molecular weight excluding hydrogens is 302 g/mol. The number of hydrogen-bond donors (Lipinski definition) is 1. The van der Waals surface area contributed by atoms with E-state index in [4.69, 9.17) is 9.47 Å². The van der Waals surface area contributed by atoms with Crippen molar-refractivity contribution in [3.8, 4) is 0 Å². The zero-order chi connectivity index (χ0) is 16.7. The van der Waals surface area contributed by atoms with Crippen LogP contribution in [0.15, 0.2) is 0 Å². The Morgan fingerprint density at radius 3 is 2.75 bits per heavy atom. The van der Waals surface area contributed by atoms with E-state index in [9.17, 15) is 0 Å². The molecular formula is C19H31N3O2. The van der Waals surface area contributed by atoms with Crippen molar-refractivity contribution in [2.75, 3.05) is 20.3 Å². The summed E-state index contributed by atoms with van der Waals surface area (Å²) in [5.41, 5.74) is 3.70. The second-order valence-electron chi connectivity index (χ2n) is 8.09. The van der Waals surface area contributed by atoms with Crippen LogP contribution in [-0.2, 0) is 16.0 Å². The molecule has 3 fully saturated rings. The van der Waals surface area contributed by atoms with Gasteiger partial charge in [0.25, 0.3) is 0 Å². The predicted molar refractivity (Wildman–Crippen MR) is 92.9 cm³/mol. The summed E-state index contributed by atoms with van der Waals surface area (Å²) in [4.78, 5) is 2.61. The minimum absolute atomic E-state index is 0.0327. The average Bonchev–Trinajstić information content (AvgIpc) is 3.29. The van der Waals surface area contributed by atoms with Crippen molar-refractivity contribution in [2.45, 2.75) is 76.7 Å². The van der Waals surface area contributed by atoms with Gasteiger partial charge in [0.05, 0.1) is 17.4 Å². The molecule has 1 N–H and O–H groups in total. The summed E-state index contributed by atoms with van der Waals surface area (Å²) in [6.07, 6.45) is 7.66. The molecule has 1 aliphatic heterocycles. The van der Waals surface area contributed by atoms with E-state index < -0.39 is 0 Å². The van der Waals surface area contributed by atoms with Crippen molar-refractivity contribution in [2.24, 2.45) is 5.92 Å². The Morgan fingerprint density at radius 1 is 1.25 bits per heavy atom. The van der Waals surface area contributed by atoms with Gasteiger partial charge in [0.15, 0.2) is 0 Å². The Kier molecular flexibility index (Phi) is 4.43. The lowest BCUT2D eigenvalue weighted by Crippen LogP contribution is -2.51. The third kappa shape index (κ3) is 3.02. The van der Waals surface area contributed by atoms with Crippen LogP contribution in [0.4, 0.5) is 0 Å². The maximum absolute atomic E-state index is 6.23. The van der Waals surface area contributed by atoms with Gasteiger partial charge >= 0.3 is 0 Å². The number of aromatic nitrogens is 2. The van der Waals surface area contributed by atoms with E-state index in [1.54, 1.807) is 0 Å². The van der Waals surface area contributed by atoms with Crippen LogP contribution in [0.25, 0.3) is 0 Å². The number of H-pyrrole nitrogens is 1. The van der Waals surface area contributed by atoms with Crippen molar-refractivity contribution in [1.29, 1.82) is 0 Å². The smallest absolute Gasteiger partial charge is 0.0847 e. The minimum atomic E-state index is 0.0327. The molecule has 1 saturated heterocycles. The first-order valence-corrected chi connectivity index (χ1v) is 9.52. The van der Waals surface area contributed by atoms with E-state index >= 15 is 0 Å². The molecule has 134 valence electrons. The molecule has 0 unspecified atom stereocenters. The first kappa shape index (κ1) is 16.6. The highest BCUT2D eigenvalue weighted by Crippen LogP contribution is 2.44. The minimum Gasteiger partial charge on any atom is -0.378 e. The highest BCUT2D eigenvalue weighted by atomic mass is 16.5. The van der Waals surface area contributed by atoms with Gasteiger partial charge in [-0.15, -0.1) is 0 Å². The van der Waals surface area contributed by atoms with Crippen LogP contribution < -0.4 is 0 Å². The van der Waals surface area contributed by atoms with Gasteiger partial charge in [0.2, 0.25) is 0 Å². The van der Waals surface area contributed by atoms with Crippen LogP contribution in [-0.4, -0.2) is 53.1 Å². The summed E-state index contributed by atoms with van der Waals surface area (Å²) in [7, 11) is 1.90. The number of rotatable bonds is 6. The van der Waals surface area contributed by atoms with E-state index in [1.807, 2.05) is 7.11 Å². The van der Waals surface area contributed by atoms with Crippen LogP contribution in [0.3, 0.4) is 0 Å². The normalized spacial score (nSPS) is 33.8. The molecule has 0 bridgehead atoms. The van der Waals surface area contributed by atoms with Crippen molar-refractivity contribution in [3.63, 3.8) is 0 Å². The number of aryl methyl sites for hydroxylation is 2. The Hall–Kier alpha value is -0.910. The molecule has 24 heavy (non-hydrogen) atoms. The molecule has 3 atom stereocenters. The van der Waals surface area contributed by atoms with Crippen LogP contribution in [0, 0.1) is 19.8 Å². The number of nitrogens with one attached hydrogen (secondary N) is 1. The first-order valence-electron chi connectivity index (χ1n) is 9.52. The van der Waals surface area contributed by atoms with Crippen LogP contribution in [0.1, 0.15) is 55.5 Å². The SMILES string of the molecule is CO[C@@]12CC[C@H](OCC3CC3)C[C@@H]1N(Cc1c(C)n[nH]c1C)CC2. The number of methoxy groups -OCH3 is 1. The van der Waals surface area contributed by atoms with E-state index in [1.165, 1.54) is 24.1 Å². The number of ether oxygens (including phenoxy) is 2. The molecule has 5 heteroatoms. The lowest BCUT2D eigenvalue weighted by Gasteiger charge is -2.43. The number of likely N-dealkylation sites (tertiary alicyclic amines) is 1. The van der Waals surface area contributed by atoms with E-state index in [0.717, 1.165) is 57.0 Å². The molecule has 1 aromatic rings. The quantitative estimate of drug-likeness (QED) is 0.869. The number of aromatic amines is 1. The fourth-order valence-electron chi connectivity index (χ4n) is 4.66. The molecule has 5 nitrogen and oxygen atoms in total. The zero-order valence-electron chi connectivity index (χ0n) is 15.3. The summed E-state index contributed by atoms with van der Waals surface area (Å²) in [6, 6.07) is 0.467. The number of fused-ring (bicyclic) bond motifs is 1. The third-order valence-corrected chi connectivity index (χ3v) is 6.56. The molecule has 0 radical (unpaired) electrons. The lowest BCUT2D eigenvalue weighted by atomic mass is 9.79. The predicted octanol–water partition coefficient (Wildman–Crippen LogP) is 2.97. The second-order valence-corrected chi connectivity index (χ2v) is 8.09. The Morgan fingerprint density at radius 2 is 2.08 bits per heavy atom. The lowest BCUT2D eigenvalue weighted by molar-refractivity contribution is -0.103. The molecule has 1 aromatic heterocycles. The van der Waals surface area contributed by atoms with Gasteiger partial charge in [-0.25, -0.2) is 0 Å². The Balaban J connectivity index is 1.46. The molecule has 3 aliphatic rings. The van der Waals surface area contributed by atoms with Gasteiger partial charge in [-0.05, 0) is 58.3 Å². The molecule has 2 saturated carbocycles. The summed E-state index contributed by atoms with van der Waals surface area (Å²) in [5.74, 6) is 0.843. The fraction of sp³-hybridized carbons (Fsp3) is 0.842. The third-order valence-electron chi connectivity index (χ3n) is 6.56. The van der Waals surface area contributed by atoms with Crippen LogP contribution in [0.2, 0.25) is 0 Å². The maximum Gasteiger partial charge on any atom is 0.0847 e. The zero-order valence-corrected chi connectivity index (χ0v) is 15.3. The number of nitrogens with zero attached hydrogens (tertiary/aromatic N) is 2. The van der Waals surface area contributed by atoms with E-state index in [2.05, 4.69) is 28.9 Å². The van der Waals surface area contributed by atoms with Crippen molar-refractivity contribution >= 4 is 0 Å². The van der Waals surface area contributed by atoms with Crippen molar-refractivity contribution in [1.82, 2.24) is 15.1 Å². The maximum atomic E-state index is 6.23. The van der Waals surface area contributed by atoms with Gasteiger partial charge in [-0.2, -0.15) is 5.10 Å². The average molecular weight is 333 g/mol. The second kappa shape index (κ2) is 6.43. The number of hydrogen-bond acceptors (Lipinski definition) is 4. The Labute approximate surface area is 145 Å². The summed E-state index contributed by atoms with van der Waals surface area (Å²) < 4.78 is 12.3.